The van der Waals surface area contributed by atoms with E-state index >= 15 is 0 Å². The number of nitrogens with one attached hydrogen (secondary N) is 1. The van der Waals surface area contributed by atoms with E-state index in [1.54, 1.807) is 18.2 Å². The zero-order chi connectivity index (χ0) is 22.5. The summed E-state index contributed by atoms with van der Waals surface area (Å²) in [6, 6.07) is 14.6. The predicted molar refractivity (Wildman–Crippen MR) is 124 cm³/mol. The number of anilines is 2. The van der Waals surface area contributed by atoms with Crippen molar-refractivity contribution < 1.29 is 9.53 Å². The van der Waals surface area contributed by atoms with E-state index in [1.807, 2.05) is 36.4 Å². The Kier molecular flexibility index (Phi) is 6.76. The number of carbonyl (C=O) groups excluding carboxylic acids is 1. The van der Waals surface area contributed by atoms with Gasteiger partial charge in [0.2, 0.25) is 0 Å². The molecule has 9 heteroatoms. The third kappa shape index (κ3) is 4.95. The van der Waals surface area contributed by atoms with Crippen LogP contribution < -0.4 is 26.6 Å². The van der Waals surface area contributed by atoms with Crippen molar-refractivity contribution in [3.05, 3.63) is 91.0 Å². The molecule has 0 atom stereocenters. The Hall–Kier alpha value is -3.59. The van der Waals surface area contributed by atoms with Gasteiger partial charge in [-0.25, -0.2) is 4.79 Å². The van der Waals surface area contributed by atoms with E-state index in [0.717, 1.165) is 14.9 Å². The van der Waals surface area contributed by atoms with Gasteiger partial charge in [0, 0.05) is 23.2 Å². The lowest BCUT2D eigenvalue weighted by Crippen LogP contribution is -2.39. The Morgan fingerprint density at radius 3 is 2.61 bits per heavy atom. The van der Waals surface area contributed by atoms with Gasteiger partial charge in [-0.3, -0.25) is 19.1 Å². The molecule has 3 rings (SSSR count). The zero-order valence-corrected chi connectivity index (χ0v) is 18.5. The summed E-state index contributed by atoms with van der Waals surface area (Å²) < 4.78 is 7.33. The topological polar surface area (TPSA) is 110 Å². The van der Waals surface area contributed by atoms with E-state index in [4.69, 9.17) is 10.5 Å². The molecule has 0 aliphatic heterocycles. The van der Waals surface area contributed by atoms with Gasteiger partial charge < -0.3 is 15.4 Å². The van der Waals surface area contributed by atoms with E-state index in [0.29, 0.717) is 11.3 Å². The highest BCUT2D eigenvalue weighted by atomic mass is 79.9. The standard InChI is InChI=1S/C22H21BrN4O4/c1-26(18(28)11-8-15-12-16(23)9-10-17(15)31-2)19-20(24)27(22(30)25-21(19)29)13-14-6-4-3-5-7-14/h3-12H,13,24H2,1-2H3,(H,25,29,30). The summed E-state index contributed by atoms with van der Waals surface area (Å²) in [5, 5.41) is 0. The summed E-state index contributed by atoms with van der Waals surface area (Å²) >= 11 is 3.38. The van der Waals surface area contributed by atoms with Crippen LogP contribution in [0.3, 0.4) is 0 Å². The fourth-order valence-electron chi connectivity index (χ4n) is 3.04. The maximum atomic E-state index is 12.8. The van der Waals surface area contributed by atoms with Gasteiger partial charge in [0.1, 0.15) is 11.6 Å². The monoisotopic (exact) mass is 484 g/mol. The van der Waals surface area contributed by atoms with Crippen LogP contribution in [0.4, 0.5) is 11.5 Å². The zero-order valence-electron chi connectivity index (χ0n) is 17.0. The Morgan fingerprint density at radius 1 is 1.23 bits per heavy atom. The molecule has 3 aromatic rings. The second kappa shape index (κ2) is 9.48. The predicted octanol–water partition coefficient (Wildman–Crippen LogP) is 2.61. The highest BCUT2D eigenvalue weighted by Gasteiger charge is 2.20. The van der Waals surface area contributed by atoms with Gasteiger partial charge in [0.25, 0.3) is 11.5 Å². The van der Waals surface area contributed by atoms with Crippen LogP contribution in [0, 0.1) is 0 Å². The number of nitrogens with zero attached hydrogens (tertiary/aromatic N) is 2. The minimum atomic E-state index is -0.740. The van der Waals surface area contributed by atoms with E-state index in [2.05, 4.69) is 20.9 Å². The van der Waals surface area contributed by atoms with E-state index in [1.165, 1.54) is 24.8 Å². The highest BCUT2D eigenvalue weighted by molar-refractivity contribution is 9.10. The number of nitrogens with two attached hydrogens (primary N) is 1. The quantitative estimate of drug-likeness (QED) is 0.522. The van der Waals surface area contributed by atoms with Crippen molar-refractivity contribution in [3.8, 4) is 5.75 Å². The molecule has 0 aliphatic carbocycles. The van der Waals surface area contributed by atoms with Crippen molar-refractivity contribution in [1.29, 1.82) is 0 Å². The van der Waals surface area contributed by atoms with Gasteiger partial charge in [0.05, 0.1) is 13.7 Å². The molecule has 0 spiro atoms. The molecule has 0 saturated heterocycles. The third-order valence-electron chi connectivity index (χ3n) is 4.66. The molecule has 0 fully saturated rings. The first-order chi connectivity index (χ1) is 14.8. The van der Waals surface area contributed by atoms with Crippen molar-refractivity contribution in [2.45, 2.75) is 6.54 Å². The number of hydrogen-bond donors (Lipinski definition) is 2. The molecule has 0 saturated carbocycles. The van der Waals surface area contributed by atoms with Crippen LogP contribution in [-0.2, 0) is 11.3 Å². The molecule has 0 unspecified atom stereocenters. The summed E-state index contributed by atoms with van der Waals surface area (Å²) in [5.74, 6) is -0.00490. The van der Waals surface area contributed by atoms with Crippen molar-refractivity contribution in [1.82, 2.24) is 9.55 Å². The molecule has 31 heavy (non-hydrogen) atoms. The van der Waals surface area contributed by atoms with E-state index in [-0.39, 0.29) is 18.1 Å². The Morgan fingerprint density at radius 2 is 1.94 bits per heavy atom. The number of methoxy groups -OCH3 is 1. The first-order valence-corrected chi connectivity index (χ1v) is 10.1. The SMILES string of the molecule is COc1ccc(Br)cc1C=CC(=O)N(C)c1c(N)n(Cc2ccccc2)c(=O)[nH]c1=O. The fourth-order valence-corrected chi connectivity index (χ4v) is 3.42. The molecule has 0 radical (unpaired) electrons. The molecular formula is C22H21BrN4O4. The summed E-state index contributed by atoms with van der Waals surface area (Å²) in [5.41, 5.74) is 6.15. The van der Waals surface area contributed by atoms with Crippen LogP contribution in [0.2, 0.25) is 0 Å². The molecule has 2 aromatic carbocycles. The van der Waals surface area contributed by atoms with Gasteiger partial charge >= 0.3 is 5.69 Å². The molecule has 1 amide bonds. The van der Waals surface area contributed by atoms with Gasteiger partial charge in [-0.15, -0.1) is 0 Å². The van der Waals surface area contributed by atoms with Gasteiger partial charge in [-0.05, 0) is 29.8 Å². The van der Waals surface area contributed by atoms with Crippen LogP contribution in [0.15, 0.2) is 68.7 Å². The molecule has 8 nitrogen and oxygen atoms in total. The van der Waals surface area contributed by atoms with Crippen LogP contribution in [0.1, 0.15) is 11.1 Å². The number of hydrogen-bond acceptors (Lipinski definition) is 5. The van der Waals surface area contributed by atoms with Crippen LogP contribution in [0.5, 0.6) is 5.75 Å². The van der Waals surface area contributed by atoms with Gasteiger partial charge in [-0.2, -0.15) is 0 Å². The first-order valence-electron chi connectivity index (χ1n) is 9.27. The van der Waals surface area contributed by atoms with Crippen LogP contribution >= 0.6 is 15.9 Å². The third-order valence-corrected chi connectivity index (χ3v) is 5.15. The molecule has 0 aliphatic rings. The number of aromatic amines is 1. The minimum absolute atomic E-state index is 0.0955. The lowest BCUT2D eigenvalue weighted by Gasteiger charge is -2.19. The van der Waals surface area contributed by atoms with Crippen molar-refractivity contribution in [3.63, 3.8) is 0 Å². The summed E-state index contributed by atoms with van der Waals surface area (Å²) in [6.45, 7) is 0.155. The van der Waals surface area contributed by atoms with Crippen LogP contribution in [-0.4, -0.2) is 29.6 Å². The van der Waals surface area contributed by atoms with Gasteiger partial charge in [-0.1, -0.05) is 46.3 Å². The number of likely N-dealkylation sites (N-methyl/N-ethyl adjacent to an activating group) is 1. The number of ether oxygens (including phenoxy) is 1. The second-order valence-electron chi connectivity index (χ2n) is 6.68. The number of rotatable bonds is 6. The second-order valence-corrected chi connectivity index (χ2v) is 7.60. The normalized spacial score (nSPS) is 10.9. The Bertz CT molecular complexity index is 1250. The summed E-state index contributed by atoms with van der Waals surface area (Å²) in [7, 11) is 2.95. The first kappa shape index (κ1) is 22.1. The van der Waals surface area contributed by atoms with E-state index < -0.39 is 17.2 Å². The Labute approximate surface area is 186 Å². The van der Waals surface area contributed by atoms with Crippen LogP contribution in [0.25, 0.3) is 6.08 Å². The smallest absolute Gasteiger partial charge is 0.330 e. The van der Waals surface area contributed by atoms with Crippen molar-refractivity contribution in [2.24, 2.45) is 0 Å². The summed E-state index contributed by atoms with van der Waals surface area (Å²) in [4.78, 5) is 40.8. The molecule has 0 bridgehead atoms. The maximum Gasteiger partial charge on any atom is 0.330 e. The number of halogens is 1. The van der Waals surface area contributed by atoms with Crippen molar-refractivity contribution in [2.75, 3.05) is 24.8 Å². The number of carbonyl (C=O) groups is 1. The molecule has 1 aromatic heterocycles. The highest BCUT2D eigenvalue weighted by Crippen LogP contribution is 2.24. The molecule has 160 valence electrons. The average Bonchev–Trinajstić information content (AvgIpc) is 2.75. The minimum Gasteiger partial charge on any atom is -0.496 e. The lowest BCUT2D eigenvalue weighted by atomic mass is 10.2. The fraction of sp³-hybridized carbons (Fsp3) is 0.136. The van der Waals surface area contributed by atoms with Crippen molar-refractivity contribution >= 4 is 39.4 Å². The van der Waals surface area contributed by atoms with Gasteiger partial charge in [0.15, 0.2) is 5.69 Å². The number of nitrogen functional groups attached to an aromatic ring is 1. The number of aromatic nitrogens is 2. The van der Waals surface area contributed by atoms with E-state index in [9.17, 15) is 14.4 Å². The molecule has 1 heterocycles. The summed E-state index contributed by atoms with van der Waals surface area (Å²) in [6.07, 6.45) is 2.88. The largest absolute Gasteiger partial charge is 0.496 e. The Balaban J connectivity index is 1.94. The number of amides is 1. The maximum absolute atomic E-state index is 12.8. The average molecular weight is 485 g/mol. The molecule has 3 N–H and O–H groups in total. The number of benzene rings is 2. The lowest BCUT2D eigenvalue weighted by molar-refractivity contribution is -0.113. The number of H-pyrrole nitrogens is 1. The molecular weight excluding hydrogens is 464 g/mol.